The minimum atomic E-state index is -0.378. The van der Waals surface area contributed by atoms with Gasteiger partial charge in [-0.25, -0.2) is 4.79 Å². The molecule has 0 bridgehead atoms. The molecule has 6 nitrogen and oxygen atoms in total. The van der Waals surface area contributed by atoms with Crippen LogP contribution < -0.4 is 10.6 Å². The van der Waals surface area contributed by atoms with E-state index in [-0.39, 0.29) is 43.4 Å². The van der Waals surface area contributed by atoms with Gasteiger partial charge in [0.25, 0.3) is 0 Å². The van der Waals surface area contributed by atoms with Crippen molar-refractivity contribution in [2.45, 2.75) is 32.2 Å². The zero-order chi connectivity index (χ0) is 16.8. The topological polar surface area (TPSA) is 78.5 Å². The summed E-state index contributed by atoms with van der Waals surface area (Å²) in [4.78, 5) is 36.0. The maximum atomic E-state index is 12.1. The van der Waals surface area contributed by atoms with Gasteiger partial charge in [0, 0.05) is 17.4 Å². The predicted octanol–water partition coefficient (Wildman–Crippen LogP) is 2.35. The molecular weight excluding hydrogens is 362 g/mol. The van der Waals surface area contributed by atoms with Crippen molar-refractivity contribution in [1.29, 1.82) is 0 Å². The highest BCUT2D eigenvalue weighted by atomic mass is 79.9. The van der Waals surface area contributed by atoms with Gasteiger partial charge in [-0.3, -0.25) is 14.5 Å². The number of hydrogen-bond acceptors (Lipinski definition) is 3. The summed E-state index contributed by atoms with van der Waals surface area (Å²) >= 11 is 3.39. The number of carbonyl (C=O) groups excluding carboxylic acids is 3. The van der Waals surface area contributed by atoms with E-state index in [1.807, 2.05) is 31.2 Å². The molecule has 1 aromatic rings. The number of amides is 4. The predicted molar refractivity (Wildman–Crippen MR) is 89.7 cm³/mol. The molecule has 0 radical (unpaired) electrons. The lowest BCUT2D eigenvalue weighted by atomic mass is 10.0. The quantitative estimate of drug-likeness (QED) is 0.711. The standard InChI is InChI=1S/C16H20BrN3O3/c1-2-13(11-5-7-12(17)8-6-11)19-14(21)4-3-9-20-15(22)10-18-16(20)23/h5-8,13H,2-4,9-10H2,1H3,(H,18,23)(H,19,21)/t13-/m1/s1. The van der Waals surface area contributed by atoms with Crippen LogP contribution in [0.3, 0.4) is 0 Å². The van der Waals surface area contributed by atoms with E-state index in [1.54, 1.807) is 0 Å². The van der Waals surface area contributed by atoms with Crippen LogP contribution in [-0.2, 0) is 9.59 Å². The van der Waals surface area contributed by atoms with Crippen molar-refractivity contribution in [2.75, 3.05) is 13.1 Å². The van der Waals surface area contributed by atoms with Gasteiger partial charge in [0.2, 0.25) is 11.8 Å². The van der Waals surface area contributed by atoms with Crippen molar-refractivity contribution >= 4 is 33.8 Å². The average Bonchev–Trinajstić information content (AvgIpc) is 2.85. The Morgan fingerprint density at radius 2 is 2.04 bits per heavy atom. The van der Waals surface area contributed by atoms with Crippen molar-refractivity contribution in [3.63, 3.8) is 0 Å². The number of carbonyl (C=O) groups is 3. The van der Waals surface area contributed by atoms with Crippen LogP contribution in [0.1, 0.15) is 37.8 Å². The van der Waals surface area contributed by atoms with E-state index in [9.17, 15) is 14.4 Å². The number of urea groups is 1. The molecule has 7 heteroatoms. The second kappa shape index (κ2) is 8.10. The summed E-state index contributed by atoms with van der Waals surface area (Å²) in [7, 11) is 0. The van der Waals surface area contributed by atoms with E-state index in [4.69, 9.17) is 0 Å². The number of benzene rings is 1. The highest BCUT2D eigenvalue weighted by molar-refractivity contribution is 9.10. The minimum Gasteiger partial charge on any atom is -0.349 e. The first-order valence-electron chi connectivity index (χ1n) is 7.64. The summed E-state index contributed by atoms with van der Waals surface area (Å²) in [6.45, 7) is 2.33. The monoisotopic (exact) mass is 381 g/mol. The zero-order valence-electron chi connectivity index (χ0n) is 13.0. The van der Waals surface area contributed by atoms with E-state index < -0.39 is 0 Å². The molecule has 0 saturated carbocycles. The number of nitrogens with zero attached hydrogens (tertiary/aromatic N) is 1. The van der Waals surface area contributed by atoms with E-state index in [2.05, 4.69) is 26.6 Å². The van der Waals surface area contributed by atoms with E-state index in [1.165, 1.54) is 0 Å². The van der Waals surface area contributed by atoms with Crippen LogP contribution in [0.25, 0.3) is 0 Å². The molecule has 1 aliphatic rings. The van der Waals surface area contributed by atoms with Crippen LogP contribution in [0.5, 0.6) is 0 Å². The molecule has 1 atom stereocenters. The Bertz CT molecular complexity index is 573. The van der Waals surface area contributed by atoms with Crippen molar-refractivity contribution < 1.29 is 14.4 Å². The Labute approximate surface area is 143 Å². The molecular formula is C16H20BrN3O3. The van der Waals surface area contributed by atoms with Crippen LogP contribution in [0, 0.1) is 0 Å². The van der Waals surface area contributed by atoms with Crippen LogP contribution >= 0.6 is 15.9 Å². The average molecular weight is 382 g/mol. The molecule has 1 saturated heterocycles. The fourth-order valence-corrected chi connectivity index (χ4v) is 2.73. The van der Waals surface area contributed by atoms with Crippen molar-refractivity contribution in [1.82, 2.24) is 15.5 Å². The molecule has 0 aliphatic carbocycles. The lowest BCUT2D eigenvalue weighted by Gasteiger charge is -2.18. The van der Waals surface area contributed by atoms with Gasteiger partial charge in [0.05, 0.1) is 12.6 Å². The maximum absolute atomic E-state index is 12.1. The third-order valence-electron chi connectivity index (χ3n) is 3.74. The molecule has 1 aliphatic heterocycles. The van der Waals surface area contributed by atoms with Crippen LogP contribution in [-0.4, -0.2) is 35.8 Å². The molecule has 2 rings (SSSR count). The molecule has 1 fully saturated rings. The maximum Gasteiger partial charge on any atom is 0.324 e. The Balaban J connectivity index is 1.80. The number of nitrogens with one attached hydrogen (secondary N) is 2. The third kappa shape index (κ3) is 4.79. The molecule has 0 aromatic heterocycles. The minimum absolute atomic E-state index is 0.0349. The second-order valence-corrected chi connectivity index (χ2v) is 6.30. The van der Waals surface area contributed by atoms with E-state index in [0.717, 1.165) is 21.4 Å². The van der Waals surface area contributed by atoms with Gasteiger partial charge in [-0.1, -0.05) is 35.0 Å². The van der Waals surface area contributed by atoms with Crippen LogP contribution in [0.4, 0.5) is 4.79 Å². The third-order valence-corrected chi connectivity index (χ3v) is 4.27. The summed E-state index contributed by atoms with van der Waals surface area (Å²) in [5, 5.41) is 5.45. The van der Waals surface area contributed by atoms with Crippen LogP contribution in [0.2, 0.25) is 0 Å². The summed E-state index contributed by atoms with van der Waals surface area (Å²) in [6.07, 6.45) is 1.53. The largest absolute Gasteiger partial charge is 0.349 e. The molecule has 1 heterocycles. The van der Waals surface area contributed by atoms with Gasteiger partial charge >= 0.3 is 6.03 Å². The summed E-state index contributed by atoms with van der Waals surface area (Å²) in [5.74, 6) is -0.316. The Kier molecular flexibility index (Phi) is 6.15. The van der Waals surface area contributed by atoms with Gasteiger partial charge in [-0.05, 0) is 30.5 Å². The lowest BCUT2D eigenvalue weighted by molar-refractivity contribution is -0.126. The molecule has 0 spiro atoms. The number of imide groups is 1. The normalized spacial score (nSPS) is 15.5. The van der Waals surface area contributed by atoms with Crippen molar-refractivity contribution in [3.8, 4) is 0 Å². The molecule has 0 unspecified atom stereocenters. The second-order valence-electron chi connectivity index (χ2n) is 5.39. The molecule has 23 heavy (non-hydrogen) atoms. The zero-order valence-corrected chi connectivity index (χ0v) is 14.6. The molecule has 124 valence electrons. The van der Waals surface area contributed by atoms with Crippen molar-refractivity contribution in [3.05, 3.63) is 34.3 Å². The van der Waals surface area contributed by atoms with Crippen molar-refractivity contribution in [2.24, 2.45) is 0 Å². The first kappa shape index (κ1) is 17.5. The number of rotatable bonds is 7. The highest BCUT2D eigenvalue weighted by Crippen LogP contribution is 2.19. The fraction of sp³-hybridized carbons (Fsp3) is 0.438. The van der Waals surface area contributed by atoms with Gasteiger partial charge < -0.3 is 10.6 Å². The van der Waals surface area contributed by atoms with Gasteiger partial charge in [-0.2, -0.15) is 0 Å². The van der Waals surface area contributed by atoms with E-state index >= 15 is 0 Å². The SMILES string of the molecule is CC[C@@H](NC(=O)CCCN1C(=O)CNC1=O)c1ccc(Br)cc1. The first-order valence-corrected chi connectivity index (χ1v) is 8.43. The number of hydrogen-bond donors (Lipinski definition) is 2. The highest BCUT2D eigenvalue weighted by Gasteiger charge is 2.27. The first-order chi connectivity index (χ1) is 11.0. The Morgan fingerprint density at radius 1 is 1.35 bits per heavy atom. The number of halogens is 1. The molecule has 2 N–H and O–H groups in total. The van der Waals surface area contributed by atoms with Crippen LogP contribution in [0.15, 0.2) is 28.7 Å². The molecule has 1 aromatic carbocycles. The molecule has 4 amide bonds. The Hall–Kier alpha value is -1.89. The Morgan fingerprint density at radius 3 is 2.61 bits per heavy atom. The lowest BCUT2D eigenvalue weighted by Crippen LogP contribution is -2.33. The van der Waals surface area contributed by atoms with Gasteiger partial charge in [-0.15, -0.1) is 0 Å². The smallest absolute Gasteiger partial charge is 0.324 e. The summed E-state index contributed by atoms with van der Waals surface area (Å²) < 4.78 is 0.996. The summed E-state index contributed by atoms with van der Waals surface area (Å²) in [6, 6.07) is 7.44. The summed E-state index contributed by atoms with van der Waals surface area (Å²) in [5.41, 5.74) is 1.05. The van der Waals surface area contributed by atoms with Gasteiger partial charge in [0.1, 0.15) is 0 Å². The van der Waals surface area contributed by atoms with Gasteiger partial charge in [0.15, 0.2) is 0 Å². The fourth-order valence-electron chi connectivity index (χ4n) is 2.46. The van der Waals surface area contributed by atoms with E-state index in [0.29, 0.717) is 6.42 Å².